The van der Waals surface area contributed by atoms with Gasteiger partial charge in [0.1, 0.15) is 5.56 Å². The van der Waals surface area contributed by atoms with Gasteiger partial charge in [0, 0.05) is 12.7 Å². The van der Waals surface area contributed by atoms with Crippen molar-refractivity contribution in [3.63, 3.8) is 0 Å². The number of rotatable bonds is 5. The van der Waals surface area contributed by atoms with Gasteiger partial charge in [-0.05, 0) is 24.5 Å². The minimum absolute atomic E-state index is 0.130. The minimum atomic E-state index is -4.81. The van der Waals surface area contributed by atoms with Gasteiger partial charge < -0.3 is 21.4 Å². The van der Waals surface area contributed by atoms with Crippen molar-refractivity contribution in [1.29, 1.82) is 0 Å². The fourth-order valence-electron chi connectivity index (χ4n) is 2.19. The molecule has 0 aliphatic rings. The third-order valence-corrected chi connectivity index (χ3v) is 3.98. The van der Waals surface area contributed by atoms with Gasteiger partial charge in [-0.1, -0.05) is 11.8 Å². The van der Waals surface area contributed by atoms with Crippen LogP contribution in [0.3, 0.4) is 0 Å². The van der Waals surface area contributed by atoms with Gasteiger partial charge in [-0.2, -0.15) is 13.2 Å². The molecular formula is C15H14F3N5O3S. The van der Waals surface area contributed by atoms with Crippen LogP contribution >= 0.6 is 11.8 Å². The van der Waals surface area contributed by atoms with Gasteiger partial charge in [-0.15, -0.1) is 0 Å². The number of carbonyl (C=O) groups excluding carboxylic acids is 2. The number of hydrogen-bond donors (Lipinski definition) is 4. The van der Waals surface area contributed by atoms with Crippen LogP contribution in [0.1, 0.15) is 26.3 Å². The molecular weight excluding hydrogens is 387 g/mol. The standard InChI is InChI=1S/C15H14F3N5O3S/c1-20-12(25)7-4-3-6(5-8(7)15(16,17)18)21-11-9(10(19)24)13(26)23-14(22-11)27-2/h3-5H,1-2H3,(H2,19,24)(H,20,25)(H2,21,22,23,26). The van der Waals surface area contributed by atoms with Crippen molar-refractivity contribution in [3.8, 4) is 0 Å². The van der Waals surface area contributed by atoms with Crippen molar-refractivity contribution < 1.29 is 22.8 Å². The second-order valence-electron chi connectivity index (χ2n) is 5.13. The Hall–Kier alpha value is -3.02. The SMILES string of the molecule is CNC(=O)c1ccc(Nc2nc(SC)[nH]c(=O)c2C(N)=O)cc1C(F)(F)F. The molecule has 0 fully saturated rings. The number of alkyl halides is 3. The summed E-state index contributed by atoms with van der Waals surface area (Å²) < 4.78 is 39.9. The van der Waals surface area contributed by atoms with Crippen LogP contribution < -0.4 is 21.9 Å². The zero-order chi connectivity index (χ0) is 20.4. The van der Waals surface area contributed by atoms with Crippen LogP contribution in [0, 0.1) is 0 Å². The summed E-state index contributed by atoms with van der Waals surface area (Å²) in [6, 6.07) is 2.83. The van der Waals surface area contributed by atoms with E-state index < -0.39 is 40.2 Å². The number of anilines is 2. The predicted molar refractivity (Wildman–Crippen MR) is 93.3 cm³/mol. The van der Waals surface area contributed by atoms with Crippen molar-refractivity contribution in [2.75, 3.05) is 18.6 Å². The fraction of sp³-hybridized carbons (Fsp3) is 0.200. The summed E-state index contributed by atoms with van der Waals surface area (Å²) in [4.78, 5) is 41.5. The quantitative estimate of drug-likeness (QED) is 0.446. The van der Waals surface area contributed by atoms with Crippen LogP contribution in [0.4, 0.5) is 24.7 Å². The number of nitrogens with one attached hydrogen (secondary N) is 3. The molecule has 5 N–H and O–H groups in total. The zero-order valence-corrected chi connectivity index (χ0v) is 14.8. The second-order valence-corrected chi connectivity index (χ2v) is 5.92. The number of amides is 2. The number of hydrogen-bond acceptors (Lipinski definition) is 6. The molecule has 0 saturated carbocycles. The number of nitrogens with two attached hydrogens (primary N) is 1. The summed E-state index contributed by atoms with van der Waals surface area (Å²) in [7, 11) is 1.21. The molecule has 0 spiro atoms. The van der Waals surface area contributed by atoms with E-state index in [1.54, 1.807) is 6.26 Å². The van der Waals surface area contributed by atoms with Crippen molar-refractivity contribution in [1.82, 2.24) is 15.3 Å². The van der Waals surface area contributed by atoms with Crippen LogP contribution in [0.15, 0.2) is 28.2 Å². The van der Waals surface area contributed by atoms with E-state index in [0.717, 1.165) is 17.8 Å². The number of thioether (sulfide) groups is 1. The lowest BCUT2D eigenvalue weighted by molar-refractivity contribution is -0.137. The maximum Gasteiger partial charge on any atom is 0.417 e. The Balaban J connectivity index is 2.59. The Labute approximate surface area is 154 Å². The molecule has 1 aromatic carbocycles. The van der Waals surface area contributed by atoms with E-state index in [1.165, 1.54) is 13.1 Å². The molecule has 8 nitrogen and oxygen atoms in total. The zero-order valence-electron chi connectivity index (χ0n) is 14.0. The van der Waals surface area contributed by atoms with E-state index in [1.807, 2.05) is 0 Å². The summed E-state index contributed by atoms with van der Waals surface area (Å²) in [5.41, 5.74) is 1.90. The lowest BCUT2D eigenvalue weighted by atomic mass is 10.1. The van der Waals surface area contributed by atoms with Crippen LogP contribution in [0.5, 0.6) is 0 Å². The molecule has 0 unspecified atom stereocenters. The van der Waals surface area contributed by atoms with Gasteiger partial charge >= 0.3 is 6.18 Å². The smallest absolute Gasteiger partial charge is 0.365 e. The monoisotopic (exact) mass is 401 g/mol. The van der Waals surface area contributed by atoms with Crippen LogP contribution in [0.2, 0.25) is 0 Å². The Morgan fingerprint density at radius 1 is 1.30 bits per heavy atom. The van der Waals surface area contributed by atoms with Gasteiger partial charge in [0.05, 0.1) is 11.1 Å². The number of H-pyrrole nitrogens is 1. The highest BCUT2D eigenvalue weighted by Gasteiger charge is 2.35. The highest BCUT2D eigenvalue weighted by Crippen LogP contribution is 2.34. The van der Waals surface area contributed by atoms with Crippen molar-refractivity contribution in [3.05, 3.63) is 45.2 Å². The molecule has 12 heteroatoms. The fourth-order valence-corrected chi connectivity index (χ4v) is 2.57. The first-order chi connectivity index (χ1) is 12.6. The topological polar surface area (TPSA) is 130 Å². The number of aromatic amines is 1. The lowest BCUT2D eigenvalue weighted by Gasteiger charge is -2.15. The summed E-state index contributed by atoms with van der Waals surface area (Å²) in [6.07, 6.45) is -3.20. The normalized spacial score (nSPS) is 11.1. The molecule has 2 amide bonds. The van der Waals surface area contributed by atoms with Crippen LogP contribution in [0.25, 0.3) is 0 Å². The first-order valence-electron chi connectivity index (χ1n) is 7.27. The Morgan fingerprint density at radius 2 is 1.96 bits per heavy atom. The largest absolute Gasteiger partial charge is 0.417 e. The lowest BCUT2D eigenvalue weighted by Crippen LogP contribution is -2.27. The second kappa shape index (κ2) is 7.70. The van der Waals surface area contributed by atoms with E-state index in [9.17, 15) is 27.6 Å². The molecule has 0 bridgehead atoms. The Kier molecular flexibility index (Phi) is 5.78. The van der Waals surface area contributed by atoms with Gasteiger partial charge in [0.15, 0.2) is 11.0 Å². The first-order valence-corrected chi connectivity index (χ1v) is 8.49. The molecule has 1 heterocycles. The molecule has 0 radical (unpaired) electrons. The maximum absolute atomic E-state index is 13.3. The summed E-state index contributed by atoms with van der Waals surface area (Å²) >= 11 is 1.05. The number of nitrogens with zero attached hydrogens (tertiary/aromatic N) is 1. The highest BCUT2D eigenvalue weighted by atomic mass is 32.2. The number of halogens is 3. The Bertz CT molecular complexity index is 959. The summed E-state index contributed by atoms with van der Waals surface area (Å²) in [5, 5.41) is 4.75. The first kappa shape index (κ1) is 20.3. The molecule has 1 aromatic heterocycles. The van der Waals surface area contributed by atoms with E-state index in [-0.39, 0.29) is 16.7 Å². The van der Waals surface area contributed by atoms with E-state index in [0.29, 0.717) is 6.07 Å². The molecule has 0 atom stereocenters. The van der Waals surface area contributed by atoms with Crippen molar-refractivity contribution >= 4 is 35.1 Å². The van der Waals surface area contributed by atoms with E-state index >= 15 is 0 Å². The third kappa shape index (κ3) is 4.39. The van der Waals surface area contributed by atoms with Crippen LogP contribution in [-0.2, 0) is 6.18 Å². The average Bonchev–Trinajstić information content (AvgIpc) is 2.59. The maximum atomic E-state index is 13.3. The van der Waals surface area contributed by atoms with E-state index in [2.05, 4.69) is 20.6 Å². The number of primary amides is 1. The number of benzene rings is 1. The van der Waals surface area contributed by atoms with Gasteiger partial charge in [0.2, 0.25) is 0 Å². The number of aromatic nitrogens is 2. The molecule has 0 saturated heterocycles. The molecule has 144 valence electrons. The van der Waals surface area contributed by atoms with Gasteiger partial charge in [-0.25, -0.2) is 4.98 Å². The third-order valence-electron chi connectivity index (χ3n) is 3.40. The van der Waals surface area contributed by atoms with Crippen LogP contribution in [-0.4, -0.2) is 35.1 Å². The summed E-state index contributed by atoms with van der Waals surface area (Å²) in [5.74, 6) is -2.31. The molecule has 2 aromatic rings. The van der Waals surface area contributed by atoms with Crippen molar-refractivity contribution in [2.45, 2.75) is 11.3 Å². The highest BCUT2D eigenvalue weighted by molar-refractivity contribution is 7.98. The molecule has 2 rings (SSSR count). The average molecular weight is 401 g/mol. The van der Waals surface area contributed by atoms with Gasteiger partial charge in [0.25, 0.3) is 17.4 Å². The number of carbonyl (C=O) groups is 2. The molecule has 0 aliphatic carbocycles. The predicted octanol–water partition coefficient (Wildman–Crippen LogP) is 1.71. The minimum Gasteiger partial charge on any atom is -0.365 e. The summed E-state index contributed by atoms with van der Waals surface area (Å²) in [6.45, 7) is 0. The Morgan fingerprint density at radius 3 is 2.48 bits per heavy atom. The molecule has 0 aliphatic heterocycles. The molecule has 27 heavy (non-hydrogen) atoms. The van der Waals surface area contributed by atoms with E-state index in [4.69, 9.17) is 5.73 Å². The van der Waals surface area contributed by atoms with Crippen molar-refractivity contribution in [2.24, 2.45) is 5.73 Å². The van der Waals surface area contributed by atoms with Gasteiger partial charge in [-0.3, -0.25) is 14.4 Å².